The largest absolute Gasteiger partial charge is 0.481 e. The first kappa shape index (κ1) is 17.0. The van der Waals surface area contributed by atoms with E-state index in [9.17, 15) is 14.4 Å². The Balaban J connectivity index is 1.87. The van der Waals surface area contributed by atoms with E-state index in [1.54, 1.807) is 4.90 Å². The van der Waals surface area contributed by atoms with Gasteiger partial charge in [0.25, 0.3) is 0 Å². The van der Waals surface area contributed by atoms with Gasteiger partial charge in [-0.3, -0.25) is 14.4 Å². The number of rotatable bonds is 6. The van der Waals surface area contributed by atoms with Crippen LogP contribution in [0.5, 0.6) is 0 Å². The zero-order valence-electron chi connectivity index (χ0n) is 13.4. The highest BCUT2D eigenvalue weighted by molar-refractivity contribution is 5.89. The molecule has 0 spiro atoms. The highest BCUT2D eigenvalue weighted by Crippen LogP contribution is 2.20. The Kier molecular flexibility index (Phi) is 5.36. The fourth-order valence-corrected chi connectivity index (χ4v) is 2.50. The van der Waals surface area contributed by atoms with E-state index in [4.69, 9.17) is 5.11 Å². The molecule has 2 amide bonds. The number of aliphatic carboxylic acids is 1. The summed E-state index contributed by atoms with van der Waals surface area (Å²) in [6.45, 7) is 4.49. The van der Waals surface area contributed by atoms with Crippen molar-refractivity contribution in [2.45, 2.75) is 26.8 Å². The molecule has 0 saturated carbocycles. The standard InChI is InChI=1S/C17H22N2O4/c1-11-3-5-13(6-4-11)9-19-10-14(7-15(19)20)16(21)18-8-12(2)17(22)23/h3-6,12,14H,7-10H2,1-2H3,(H,18,21)(H,22,23)/t12-,14+/m0/s1. The van der Waals surface area contributed by atoms with E-state index in [0.29, 0.717) is 13.1 Å². The second-order valence-corrected chi connectivity index (χ2v) is 6.15. The van der Waals surface area contributed by atoms with Gasteiger partial charge in [-0.05, 0) is 12.5 Å². The Bertz CT molecular complexity index is 597. The van der Waals surface area contributed by atoms with E-state index in [2.05, 4.69) is 5.32 Å². The van der Waals surface area contributed by atoms with Gasteiger partial charge in [-0.15, -0.1) is 0 Å². The first-order valence-corrected chi connectivity index (χ1v) is 7.70. The smallest absolute Gasteiger partial charge is 0.308 e. The SMILES string of the molecule is Cc1ccc(CN2C[C@H](C(=O)NC[C@H](C)C(=O)O)CC2=O)cc1. The fourth-order valence-electron chi connectivity index (χ4n) is 2.50. The van der Waals surface area contributed by atoms with Crippen molar-refractivity contribution in [2.75, 3.05) is 13.1 Å². The Hall–Kier alpha value is -2.37. The number of amides is 2. The number of carbonyl (C=O) groups excluding carboxylic acids is 2. The lowest BCUT2D eigenvalue weighted by atomic mass is 10.1. The van der Waals surface area contributed by atoms with Gasteiger partial charge in [-0.2, -0.15) is 0 Å². The van der Waals surface area contributed by atoms with Crippen molar-refractivity contribution in [3.8, 4) is 0 Å². The molecular formula is C17H22N2O4. The molecule has 0 radical (unpaired) electrons. The zero-order valence-corrected chi connectivity index (χ0v) is 13.4. The maximum Gasteiger partial charge on any atom is 0.308 e. The molecule has 2 N–H and O–H groups in total. The molecule has 2 atom stereocenters. The van der Waals surface area contributed by atoms with Crippen LogP contribution >= 0.6 is 0 Å². The average Bonchev–Trinajstić information content (AvgIpc) is 2.87. The second-order valence-electron chi connectivity index (χ2n) is 6.15. The Morgan fingerprint density at radius 3 is 2.61 bits per heavy atom. The van der Waals surface area contributed by atoms with E-state index in [1.165, 1.54) is 6.92 Å². The van der Waals surface area contributed by atoms with Gasteiger partial charge in [0.2, 0.25) is 11.8 Å². The molecule has 1 fully saturated rings. The maximum absolute atomic E-state index is 12.1. The van der Waals surface area contributed by atoms with Crippen LogP contribution < -0.4 is 5.32 Å². The van der Waals surface area contributed by atoms with Crippen molar-refractivity contribution in [1.82, 2.24) is 10.2 Å². The third-order valence-corrected chi connectivity index (χ3v) is 4.08. The van der Waals surface area contributed by atoms with Crippen LogP contribution in [0.2, 0.25) is 0 Å². The number of hydrogen-bond acceptors (Lipinski definition) is 3. The van der Waals surface area contributed by atoms with Gasteiger partial charge in [0.1, 0.15) is 0 Å². The van der Waals surface area contributed by atoms with Crippen LogP contribution in [0.1, 0.15) is 24.5 Å². The number of hydrogen-bond donors (Lipinski definition) is 2. The third kappa shape index (κ3) is 4.55. The van der Waals surface area contributed by atoms with Gasteiger partial charge in [0, 0.05) is 26.1 Å². The van der Waals surface area contributed by atoms with Crippen LogP contribution in [0.3, 0.4) is 0 Å². The monoisotopic (exact) mass is 318 g/mol. The molecule has 0 aromatic heterocycles. The molecule has 23 heavy (non-hydrogen) atoms. The van der Waals surface area contributed by atoms with Crippen LogP contribution in [-0.4, -0.2) is 40.9 Å². The lowest BCUT2D eigenvalue weighted by Crippen LogP contribution is -2.36. The van der Waals surface area contributed by atoms with Gasteiger partial charge < -0.3 is 15.3 Å². The van der Waals surface area contributed by atoms with Gasteiger partial charge >= 0.3 is 5.97 Å². The molecule has 0 unspecified atom stereocenters. The Morgan fingerprint density at radius 2 is 2.00 bits per heavy atom. The molecular weight excluding hydrogens is 296 g/mol. The summed E-state index contributed by atoms with van der Waals surface area (Å²) in [5.74, 6) is -2.29. The number of carboxylic acid groups (broad SMARTS) is 1. The average molecular weight is 318 g/mol. The van der Waals surface area contributed by atoms with Gasteiger partial charge in [-0.25, -0.2) is 0 Å². The summed E-state index contributed by atoms with van der Waals surface area (Å²) < 4.78 is 0. The molecule has 124 valence electrons. The first-order chi connectivity index (χ1) is 10.9. The third-order valence-electron chi connectivity index (χ3n) is 4.08. The summed E-state index contributed by atoms with van der Waals surface area (Å²) in [5.41, 5.74) is 2.19. The minimum atomic E-state index is -0.950. The van der Waals surface area contributed by atoms with E-state index in [-0.39, 0.29) is 24.8 Å². The topological polar surface area (TPSA) is 86.7 Å². The second kappa shape index (κ2) is 7.26. The zero-order chi connectivity index (χ0) is 17.0. The summed E-state index contributed by atoms with van der Waals surface area (Å²) in [7, 11) is 0. The van der Waals surface area contributed by atoms with Gasteiger partial charge in [-0.1, -0.05) is 36.8 Å². The molecule has 0 bridgehead atoms. The summed E-state index contributed by atoms with van der Waals surface area (Å²) in [5, 5.41) is 11.4. The number of nitrogens with zero attached hydrogens (tertiary/aromatic N) is 1. The number of carbonyl (C=O) groups is 3. The maximum atomic E-state index is 12.1. The fraction of sp³-hybridized carbons (Fsp3) is 0.471. The van der Waals surface area contributed by atoms with Gasteiger partial charge in [0.05, 0.1) is 11.8 Å². The van der Waals surface area contributed by atoms with Crippen molar-refractivity contribution in [1.29, 1.82) is 0 Å². The van der Waals surface area contributed by atoms with Gasteiger partial charge in [0.15, 0.2) is 0 Å². The van der Waals surface area contributed by atoms with E-state index in [0.717, 1.165) is 11.1 Å². The van der Waals surface area contributed by atoms with E-state index in [1.807, 2.05) is 31.2 Å². The minimum Gasteiger partial charge on any atom is -0.481 e. The molecule has 0 aliphatic carbocycles. The highest BCUT2D eigenvalue weighted by atomic mass is 16.4. The summed E-state index contributed by atoms with van der Waals surface area (Å²) in [6, 6.07) is 7.94. The highest BCUT2D eigenvalue weighted by Gasteiger charge is 2.34. The summed E-state index contributed by atoms with van der Waals surface area (Å²) >= 11 is 0. The quantitative estimate of drug-likeness (QED) is 0.824. The number of benzene rings is 1. The van der Waals surface area contributed by atoms with Crippen LogP contribution in [-0.2, 0) is 20.9 Å². The van der Waals surface area contributed by atoms with Crippen LogP contribution in [0.4, 0.5) is 0 Å². The van der Waals surface area contributed by atoms with Crippen LogP contribution in [0.15, 0.2) is 24.3 Å². The predicted octanol–water partition coefficient (Wildman–Crippen LogP) is 1.18. The van der Waals surface area contributed by atoms with Crippen molar-refractivity contribution in [3.05, 3.63) is 35.4 Å². The van der Waals surface area contributed by atoms with Crippen molar-refractivity contribution in [3.63, 3.8) is 0 Å². The molecule has 6 nitrogen and oxygen atoms in total. The molecule has 1 aromatic rings. The summed E-state index contributed by atoms with van der Waals surface area (Å²) in [4.78, 5) is 36.6. The Labute approximate surface area is 135 Å². The summed E-state index contributed by atoms with van der Waals surface area (Å²) in [6.07, 6.45) is 0.180. The molecule has 6 heteroatoms. The molecule has 1 aromatic carbocycles. The number of nitrogens with one attached hydrogen (secondary N) is 1. The predicted molar refractivity (Wildman–Crippen MR) is 84.5 cm³/mol. The normalized spacial score (nSPS) is 18.8. The number of aryl methyl sites for hydroxylation is 1. The molecule has 1 aliphatic heterocycles. The molecule has 1 saturated heterocycles. The van der Waals surface area contributed by atoms with Crippen LogP contribution in [0, 0.1) is 18.8 Å². The lowest BCUT2D eigenvalue weighted by molar-refractivity contribution is -0.141. The lowest BCUT2D eigenvalue weighted by Gasteiger charge is -2.17. The Morgan fingerprint density at radius 1 is 1.35 bits per heavy atom. The van der Waals surface area contributed by atoms with Crippen LogP contribution in [0.25, 0.3) is 0 Å². The number of likely N-dealkylation sites (tertiary alicyclic amines) is 1. The molecule has 1 aliphatic rings. The molecule has 2 rings (SSSR count). The van der Waals surface area contributed by atoms with E-state index < -0.39 is 17.8 Å². The van der Waals surface area contributed by atoms with Crippen molar-refractivity contribution < 1.29 is 19.5 Å². The number of carboxylic acids is 1. The first-order valence-electron chi connectivity index (χ1n) is 7.70. The van der Waals surface area contributed by atoms with Crippen molar-refractivity contribution >= 4 is 17.8 Å². The van der Waals surface area contributed by atoms with E-state index >= 15 is 0 Å². The minimum absolute atomic E-state index is 0.0444. The van der Waals surface area contributed by atoms with Crippen molar-refractivity contribution in [2.24, 2.45) is 11.8 Å². The molecule has 1 heterocycles.